The highest BCUT2D eigenvalue weighted by Gasteiger charge is 2.29. The Labute approximate surface area is 120 Å². The van der Waals surface area contributed by atoms with Crippen LogP contribution in [0.15, 0.2) is 30.3 Å². The van der Waals surface area contributed by atoms with E-state index in [2.05, 4.69) is 10.4 Å². The predicted octanol–water partition coefficient (Wildman–Crippen LogP) is 1.87. The molecule has 0 aliphatic rings. The topological polar surface area (TPSA) is 110 Å². The van der Waals surface area contributed by atoms with Crippen molar-refractivity contribution in [1.29, 1.82) is 0 Å². The Balaban J connectivity index is 2.44. The molecule has 1 aromatic heterocycles. The number of carbonyl (C=O) groups is 1. The van der Waals surface area contributed by atoms with E-state index in [0.29, 0.717) is 5.56 Å². The molecule has 2 rings (SSSR count). The van der Waals surface area contributed by atoms with Gasteiger partial charge in [-0.05, 0) is 12.5 Å². The molecule has 0 aliphatic carbocycles. The van der Waals surface area contributed by atoms with Gasteiger partial charge in [0.2, 0.25) is 5.82 Å². The van der Waals surface area contributed by atoms with Crippen LogP contribution in [0.1, 0.15) is 17.3 Å². The predicted molar refractivity (Wildman–Crippen MR) is 75.0 cm³/mol. The number of rotatable bonds is 5. The van der Waals surface area contributed by atoms with Crippen molar-refractivity contribution in [2.45, 2.75) is 13.0 Å². The molecule has 0 radical (unpaired) electrons. The van der Waals surface area contributed by atoms with Crippen LogP contribution in [0, 0.1) is 17.0 Å². The van der Waals surface area contributed by atoms with E-state index >= 15 is 0 Å². The molecule has 0 amide bonds. The zero-order chi connectivity index (χ0) is 15.6. The molecule has 0 spiro atoms. The maximum Gasteiger partial charge on any atom is 0.333 e. The van der Waals surface area contributed by atoms with Crippen molar-refractivity contribution in [3.63, 3.8) is 0 Å². The van der Waals surface area contributed by atoms with Crippen LogP contribution in [0.4, 0.5) is 11.5 Å². The van der Waals surface area contributed by atoms with Gasteiger partial charge in [0, 0.05) is 7.05 Å². The Hall–Kier alpha value is -2.90. The molecule has 1 unspecified atom stereocenters. The maximum atomic E-state index is 11.4. The average Bonchev–Trinajstić information content (AvgIpc) is 2.70. The number of hydrogen-bond acceptors (Lipinski definition) is 5. The van der Waals surface area contributed by atoms with E-state index in [1.54, 1.807) is 30.3 Å². The minimum atomic E-state index is -1.13. The lowest BCUT2D eigenvalue weighted by Gasteiger charge is -2.15. The second-order valence-electron chi connectivity index (χ2n) is 4.49. The van der Waals surface area contributed by atoms with Crippen molar-refractivity contribution in [1.82, 2.24) is 9.78 Å². The van der Waals surface area contributed by atoms with Gasteiger partial charge < -0.3 is 10.4 Å². The molecule has 8 heteroatoms. The zero-order valence-corrected chi connectivity index (χ0v) is 11.5. The van der Waals surface area contributed by atoms with E-state index in [0.717, 1.165) is 0 Å². The third kappa shape index (κ3) is 2.83. The van der Waals surface area contributed by atoms with Crippen molar-refractivity contribution in [3.05, 3.63) is 51.7 Å². The van der Waals surface area contributed by atoms with Gasteiger partial charge >= 0.3 is 11.7 Å². The standard InChI is InChI=1S/C13H14N4O4/c1-8-11(17(20)21)12(16(2)15-8)14-10(13(18)19)9-6-4-3-5-7-9/h3-7,10,14H,1-2H3,(H,18,19). The number of aliphatic carboxylic acids is 1. The quantitative estimate of drug-likeness (QED) is 0.642. The molecule has 1 heterocycles. The summed E-state index contributed by atoms with van der Waals surface area (Å²) >= 11 is 0. The minimum absolute atomic E-state index is 0.0637. The summed E-state index contributed by atoms with van der Waals surface area (Å²) in [5, 5.41) is 27.1. The number of benzene rings is 1. The Kier molecular flexibility index (Phi) is 3.88. The highest BCUT2D eigenvalue weighted by molar-refractivity contribution is 5.80. The highest BCUT2D eigenvalue weighted by Crippen LogP contribution is 2.30. The van der Waals surface area contributed by atoms with Crippen molar-refractivity contribution in [2.75, 3.05) is 5.32 Å². The maximum absolute atomic E-state index is 11.4. The lowest BCUT2D eigenvalue weighted by Crippen LogP contribution is -2.22. The molecule has 2 N–H and O–H groups in total. The summed E-state index contributed by atoms with van der Waals surface area (Å²) in [4.78, 5) is 22.0. The van der Waals surface area contributed by atoms with Gasteiger partial charge in [0.1, 0.15) is 5.69 Å². The summed E-state index contributed by atoms with van der Waals surface area (Å²) in [6, 6.07) is 7.35. The first-order valence-electron chi connectivity index (χ1n) is 6.14. The van der Waals surface area contributed by atoms with Crippen LogP contribution in [0.2, 0.25) is 0 Å². The van der Waals surface area contributed by atoms with Gasteiger partial charge in [-0.3, -0.25) is 10.1 Å². The first-order valence-corrected chi connectivity index (χ1v) is 6.14. The molecule has 0 aliphatic heterocycles. The Bertz CT molecular complexity index is 681. The second-order valence-corrected chi connectivity index (χ2v) is 4.49. The molecule has 1 aromatic carbocycles. The monoisotopic (exact) mass is 290 g/mol. The summed E-state index contributed by atoms with van der Waals surface area (Å²) in [6.45, 7) is 1.50. The van der Waals surface area contributed by atoms with Crippen molar-refractivity contribution in [3.8, 4) is 0 Å². The van der Waals surface area contributed by atoms with Crippen LogP contribution in [0.3, 0.4) is 0 Å². The average molecular weight is 290 g/mol. The number of anilines is 1. The van der Waals surface area contributed by atoms with E-state index in [4.69, 9.17) is 0 Å². The molecule has 21 heavy (non-hydrogen) atoms. The van der Waals surface area contributed by atoms with Crippen molar-refractivity contribution in [2.24, 2.45) is 7.05 Å². The Morgan fingerprint density at radius 3 is 2.57 bits per heavy atom. The minimum Gasteiger partial charge on any atom is -0.479 e. The Morgan fingerprint density at radius 2 is 2.05 bits per heavy atom. The summed E-state index contributed by atoms with van der Waals surface area (Å²) in [7, 11) is 1.52. The molecule has 0 saturated heterocycles. The second kappa shape index (κ2) is 5.61. The fraction of sp³-hybridized carbons (Fsp3) is 0.231. The molecule has 0 fully saturated rings. The third-order valence-corrected chi connectivity index (χ3v) is 3.03. The molecule has 8 nitrogen and oxygen atoms in total. The summed E-state index contributed by atoms with van der Waals surface area (Å²) in [6.07, 6.45) is 0. The van der Waals surface area contributed by atoms with E-state index in [1.165, 1.54) is 18.7 Å². The summed E-state index contributed by atoms with van der Waals surface area (Å²) in [5.41, 5.74) is 0.500. The number of aryl methyl sites for hydroxylation is 2. The highest BCUT2D eigenvalue weighted by atomic mass is 16.6. The van der Waals surface area contributed by atoms with Gasteiger partial charge in [0.05, 0.1) is 4.92 Å². The lowest BCUT2D eigenvalue weighted by atomic mass is 10.1. The number of nitro groups is 1. The van der Waals surface area contributed by atoms with Gasteiger partial charge in [-0.2, -0.15) is 5.10 Å². The molecule has 110 valence electrons. The number of aromatic nitrogens is 2. The van der Waals surface area contributed by atoms with Crippen LogP contribution >= 0.6 is 0 Å². The smallest absolute Gasteiger partial charge is 0.333 e. The fourth-order valence-corrected chi connectivity index (χ4v) is 2.10. The molecule has 0 bridgehead atoms. The van der Waals surface area contributed by atoms with Crippen LogP contribution in [0.5, 0.6) is 0 Å². The number of nitrogens with zero attached hydrogens (tertiary/aromatic N) is 3. The van der Waals surface area contributed by atoms with Crippen molar-refractivity contribution >= 4 is 17.5 Å². The van der Waals surface area contributed by atoms with E-state index in [1.807, 2.05) is 0 Å². The van der Waals surface area contributed by atoms with E-state index in [9.17, 15) is 20.0 Å². The van der Waals surface area contributed by atoms with Gasteiger partial charge in [-0.1, -0.05) is 30.3 Å². The van der Waals surface area contributed by atoms with Gasteiger partial charge in [0.15, 0.2) is 6.04 Å². The summed E-state index contributed by atoms with van der Waals surface area (Å²) in [5.74, 6) is -1.07. The lowest BCUT2D eigenvalue weighted by molar-refractivity contribution is -0.384. The molecular weight excluding hydrogens is 276 g/mol. The zero-order valence-electron chi connectivity index (χ0n) is 11.5. The SMILES string of the molecule is Cc1nn(C)c(NC(C(=O)O)c2ccccc2)c1[N+](=O)[O-]. The summed E-state index contributed by atoms with van der Waals surface area (Å²) < 4.78 is 1.27. The first-order chi connectivity index (χ1) is 9.91. The van der Waals surface area contributed by atoms with Crippen LogP contribution in [0.25, 0.3) is 0 Å². The van der Waals surface area contributed by atoms with Crippen LogP contribution in [-0.2, 0) is 11.8 Å². The van der Waals surface area contributed by atoms with Crippen LogP contribution in [-0.4, -0.2) is 25.8 Å². The van der Waals surface area contributed by atoms with E-state index < -0.39 is 16.9 Å². The van der Waals surface area contributed by atoms with E-state index in [-0.39, 0.29) is 17.2 Å². The number of hydrogen-bond donors (Lipinski definition) is 2. The number of nitrogens with one attached hydrogen (secondary N) is 1. The third-order valence-electron chi connectivity index (χ3n) is 3.03. The molecular formula is C13H14N4O4. The molecule has 0 saturated carbocycles. The molecule has 1 atom stereocenters. The van der Waals surface area contributed by atoms with Gasteiger partial charge in [-0.25, -0.2) is 9.48 Å². The first kappa shape index (κ1) is 14.5. The van der Waals surface area contributed by atoms with Crippen molar-refractivity contribution < 1.29 is 14.8 Å². The fourth-order valence-electron chi connectivity index (χ4n) is 2.10. The van der Waals surface area contributed by atoms with Gasteiger partial charge in [-0.15, -0.1) is 0 Å². The Morgan fingerprint density at radius 1 is 1.43 bits per heavy atom. The normalized spacial score (nSPS) is 11.9. The number of carboxylic acids is 1. The largest absolute Gasteiger partial charge is 0.479 e. The number of carboxylic acid groups (broad SMARTS) is 1. The molecule has 2 aromatic rings. The van der Waals surface area contributed by atoms with Gasteiger partial charge in [0.25, 0.3) is 0 Å². The van der Waals surface area contributed by atoms with Crippen LogP contribution < -0.4 is 5.32 Å².